The number of thioether (sulfide) groups is 1. The highest BCUT2D eigenvalue weighted by atomic mass is 32.2. The summed E-state index contributed by atoms with van der Waals surface area (Å²) in [6.45, 7) is 1.83. The zero-order valence-corrected chi connectivity index (χ0v) is 10.9. The molecule has 0 aliphatic rings. The summed E-state index contributed by atoms with van der Waals surface area (Å²) in [4.78, 5) is 11.0. The van der Waals surface area contributed by atoms with Crippen molar-refractivity contribution in [3.8, 4) is 0 Å². The van der Waals surface area contributed by atoms with Crippen LogP contribution < -0.4 is 5.32 Å². The average Bonchev–Trinajstić information content (AvgIpc) is 2.34. The Kier molecular flexibility index (Phi) is 6.74. The smallest absolute Gasteiger partial charge is 0.335 e. The van der Waals surface area contributed by atoms with E-state index in [4.69, 9.17) is 5.11 Å². The van der Waals surface area contributed by atoms with Crippen LogP contribution >= 0.6 is 11.8 Å². The minimum Gasteiger partial charge on any atom is -0.478 e. The lowest BCUT2D eigenvalue weighted by atomic mass is 10.0. The Balaban J connectivity index is 2.34. The normalized spacial score (nSPS) is 10.4. The Hall–Kier alpha value is -1.00. The van der Waals surface area contributed by atoms with E-state index >= 15 is 0 Å². The van der Waals surface area contributed by atoms with E-state index in [0.717, 1.165) is 31.5 Å². The lowest BCUT2D eigenvalue weighted by Gasteiger charge is -2.07. The van der Waals surface area contributed by atoms with Gasteiger partial charge in [0.15, 0.2) is 0 Å². The van der Waals surface area contributed by atoms with Crippen LogP contribution in [0.3, 0.4) is 0 Å². The third-order valence-corrected chi connectivity index (χ3v) is 3.22. The number of benzene rings is 1. The fraction of sp³-hybridized carbons (Fsp3) is 0.462. The molecule has 1 rings (SSSR count). The van der Waals surface area contributed by atoms with E-state index in [1.165, 1.54) is 5.75 Å². The topological polar surface area (TPSA) is 49.3 Å². The first-order chi connectivity index (χ1) is 8.25. The number of rotatable bonds is 8. The summed E-state index contributed by atoms with van der Waals surface area (Å²) in [5.74, 6) is 0.321. The van der Waals surface area contributed by atoms with Crippen molar-refractivity contribution in [2.24, 2.45) is 0 Å². The molecular formula is C13H19NO2S. The zero-order valence-electron chi connectivity index (χ0n) is 10.1. The number of hydrogen-bond donors (Lipinski definition) is 2. The van der Waals surface area contributed by atoms with Crippen molar-refractivity contribution in [3.63, 3.8) is 0 Å². The number of carbonyl (C=O) groups is 1. The Morgan fingerprint density at radius 1 is 1.35 bits per heavy atom. The van der Waals surface area contributed by atoms with Crippen molar-refractivity contribution in [1.82, 2.24) is 5.32 Å². The molecule has 0 aliphatic heterocycles. The predicted molar refractivity (Wildman–Crippen MR) is 73.0 cm³/mol. The highest BCUT2D eigenvalue weighted by Crippen LogP contribution is 2.08. The van der Waals surface area contributed by atoms with Crippen molar-refractivity contribution in [1.29, 1.82) is 0 Å². The van der Waals surface area contributed by atoms with Gasteiger partial charge in [-0.3, -0.25) is 0 Å². The largest absolute Gasteiger partial charge is 0.478 e. The number of aromatic carboxylic acids is 1. The van der Waals surface area contributed by atoms with Gasteiger partial charge in [0.05, 0.1) is 5.56 Å². The van der Waals surface area contributed by atoms with Crippen molar-refractivity contribution in [2.75, 3.05) is 25.1 Å². The Labute approximate surface area is 107 Å². The lowest BCUT2D eigenvalue weighted by Crippen LogP contribution is -2.19. The molecule has 0 heterocycles. The van der Waals surface area contributed by atoms with Gasteiger partial charge in [-0.15, -0.1) is 0 Å². The van der Waals surface area contributed by atoms with Crippen molar-refractivity contribution >= 4 is 17.7 Å². The number of nitrogens with one attached hydrogen (secondary N) is 1. The second-order valence-electron chi connectivity index (χ2n) is 3.81. The Morgan fingerprint density at radius 3 is 2.82 bits per heavy atom. The molecule has 0 bridgehead atoms. The first-order valence-electron chi connectivity index (χ1n) is 5.76. The van der Waals surface area contributed by atoms with Crippen LogP contribution in [-0.2, 0) is 6.42 Å². The van der Waals surface area contributed by atoms with Crippen LogP contribution in [0, 0.1) is 0 Å². The molecule has 17 heavy (non-hydrogen) atoms. The van der Waals surface area contributed by atoms with Gasteiger partial charge in [-0.25, -0.2) is 4.79 Å². The van der Waals surface area contributed by atoms with Crippen LogP contribution in [0.15, 0.2) is 24.3 Å². The Bertz CT molecular complexity index is 355. The molecule has 0 spiro atoms. The molecule has 1 aromatic carbocycles. The SMILES string of the molecule is CSCCCNCCc1ccccc1C(=O)O. The van der Waals surface area contributed by atoms with Crippen LogP contribution in [0.1, 0.15) is 22.3 Å². The Morgan fingerprint density at radius 2 is 2.12 bits per heavy atom. The summed E-state index contributed by atoms with van der Waals surface area (Å²) in [5.41, 5.74) is 1.32. The second kappa shape index (κ2) is 8.14. The quantitative estimate of drug-likeness (QED) is 0.698. The molecule has 0 saturated carbocycles. The number of hydrogen-bond acceptors (Lipinski definition) is 3. The molecule has 0 aromatic heterocycles. The lowest BCUT2D eigenvalue weighted by molar-refractivity contribution is 0.0695. The summed E-state index contributed by atoms with van der Waals surface area (Å²) in [6, 6.07) is 7.19. The molecule has 0 fully saturated rings. The molecule has 2 N–H and O–H groups in total. The van der Waals surface area contributed by atoms with E-state index < -0.39 is 5.97 Å². The van der Waals surface area contributed by atoms with Crippen LogP contribution in [0.2, 0.25) is 0 Å². The minimum atomic E-state index is -0.844. The maximum atomic E-state index is 11.0. The van der Waals surface area contributed by atoms with Gasteiger partial charge in [0.25, 0.3) is 0 Å². The highest BCUT2D eigenvalue weighted by molar-refractivity contribution is 7.98. The van der Waals surface area contributed by atoms with E-state index in [-0.39, 0.29) is 0 Å². The molecule has 0 aliphatic carbocycles. The highest BCUT2D eigenvalue weighted by Gasteiger charge is 2.07. The van der Waals surface area contributed by atoms with Gasteiger partial charge in [0, 0.05) is 0 Å². The molecule has 0 radical (unpaired) electrons. The summed E-state index contributed by atoms with van der Waals surface area (Å²) >= 11 is 1.84. The van der Waals surface area contributed by atoms with Gasteiger partial charge in [-0.1, -0.05) is 18.2 Å². The van der Waals surface area contributed by atoms with Gasteiger partial charge in [-0.05, 0) is 49.6 Å². The summed E-state index contributed by atoms with van der Waals surface area (Å²) < 4.78 is 0. The fourth-order valence-electron chi connectivity index (χ4n) is 1.64. The minimum absolute atomic E-state index is 0.415. The fourth-order valence-corrected chi connectivity index (χ4v) is 2.07. The first kappa shape index (κ1) is 14.1. The van der Waals surface area contributed by atoms with E-state index in [2.05, 4.69) is 11.6 Å². The first-order valence-corrected chi connectivity index (χ1v) is 7.16. The van der Waals surface area contributed by atoms with E-state index in [9.17, 15) is 4.79 Å². The third kappa shape index (κ3) is 5.24. The molecule has 0 saturated heterocycles. The van der Waals surface area contributed by atoms with Crippen LogP contribution in [0.4, 0.5) is 0 Å². The van der Waals surface area contributed by atoms with Crippen molar-refractivity contribution in [3.05, 3.63) is 35.4 Å². The maximum Gasteiger partial charge on any atom is 0.335 e. The van der Waals surface area contributed by atoms with Crippen LogP contribution in [0.25, 0.3) is 0 Å². The van der Waals surface area contributed by atoms with Gasteiger partial charge in [0.2, 0.25) is 0 Å². The van der Waals surface area contributed by atoms with Gasteiger partial charge >= 0.3 is 5.97 Å². The van der Waals surface area contributed by atoms with Crippen LogP contribution in [-0.4, -0.2) is 36.2 Å². The van der Waals surface area contributed by atoms with Crippen molar-refractivity contribution in [2.45, 2.75) is 12.8 Å². The van der Waals surface area contributed by atoms with Gasteiger partial charge in [0.1, 0.15) is 0 Å². The van der Waals surface area contributed by atoms with E-state index in [0.29, 0.717) is 5.56 Å². The third-order valence-electron chi connectivity index (χ3n) is 2.52. The molecule has 0 amide bonds. The predicted octanol–water partition coefficient (Wildman–Crippen LogP) is 2.27. The monoisotopic (exact) mass is 253 g/mol. The maximum absolute atomic E-state index is 11.0. The molecule has 4 heteroatoms. The standard InChI is InChI=1S/C13H19NO2S/c1-17-10-4-8-14-9-7-11-5-2-3-6-12(11)13(15)16/h2-3,5-6,14H,4,7-10H2,1H3,(H,15,16). The average molecular weight is 253 g/mol. The molecular weight excluding hydrogens is 234 g/mol. The molecule has 1 aromatic rings. The van der Waals surface area contributed by atoms with Crippen LogP contribution in [0.5, 0.6) is 0 Å². The van der Waals surface area contributed by atoms with Crippen molar-refractivity contribution < 1.29 is 9.90 Å². The number of carboxylic acids is 1. The summed E-state index contributed by atoms with van der Waals surface area (Å²) in [7, 11) is 0. The number of carboxylic acid groups (broad SMARTS) is 1. The zero-order chi connectivity index (χ0) is 12.5. The molecule has 3 nitrogen and oxygen atoms in total. The van der Waals surface area contributed by atoms with Gasteiger partial charge in [-0.2, -0.15) is 11.8 Å². The van der Waals surface area contributed by atoms with Gasteiger partial charge < -0.3 is 10.4 Å². The molecule has 0 unspecified atom stereocenters. The van der Waals surface area contributed by atoms with E-state index in [1.54, 1.807) is 12.1 Å². The van der Waals surface area contributed by atoms with E-state index in [1.807, 2.05) is 23.9 Å². The second-order valence-corrected chi connectivity index (χ2v) is 4.79. The summed E-state index contributed by atoms with van der Waals surface area (Å²) in [5, 5.41) is 12.3. The summed E-state index contributed by atoms with van der Waals surface area (Å²) in [6.07, 6.45) is 4.02. The molecule has 0 atom stereocenters. The molecule has 94 valence electrons.